The molecule has 2 amide bonds. The summed E-state index contributed by atoms with van der Waals surface area (Å²) in [5.41, 5.74) is 2.53. The van der Waals surface area contributed by atoms with Gasteiger partial charge in [-0.1, -0.05) is 50.6 Å². The van der Waals surface area contributed by atoms with Crippen LogP contribution in [0.1, 0.15) is 61.7 Å². The summed E-state index contributed by atoms with van der Waals surface area (Å²) < 4.78 is 35.3. The van der Waals surface area contributed by atoms with E-state index in [9.17, 15) is 23.5 Å². The zero-order chi connectivity index (χ0) is 34.0. The second-order valence-electron chi connectivity index (χ2n) is 13.1. The number of rotatable bonds is 9. The SMILES string of the molecule is COc1ccc(-c2cccc(SC)c2)cc1CN(C(=O)c1sc2c(F)ccc(F)c2c1Cl)C1CCC(N(CC(C)(C)C)C(=O)O)CC1. The van der Waals surface area contributed by atoms with Crippen molar-refractivity contribution >= 4 is 56.8 Å². The lowest BCUT2D eigenvalue weighted by Gasteiger charge is -2.41. The summed E-state index contributed by atoms with van der Waals surface area (Å²) in [6.07, 6.45) is 3.30. The molecule has 1 N–H and O–H groups in total. The summed E-state index contributed by atoms with van der Waals surface area (Å²) in [6, 6.07) is 15.6. The number of carbonyl (C=O) groups is 2. The summed E-state index contributed by atoms with van der Waals surface area (Å²) in [6.45, 7) is 6.58. The van der Waals surface area contributed by atoms with E-state index >= 15 is 0 Å². The molecule has 1 aromatic heterocycles. The maximum absolute atomic E-state index is 14.8. The number of fused-ring (bicyclic) bond motifs is 1. The number of benzene rings is 3. The fourth-order valence-corrected chi connectivity index (χ4v) is 8.31. The first kappa shape index (κ1) is 35.0. The number of thioether (sulfide) groups is 1. The Bertz CT molecular complexity index is 1780. The third-order valence-corrected chi connectivity index (χ3v) is 11.0. The number of nitrogens with zero attached hydrogens (tertiary/aromatic N) is 2. The number of hydrogen-bond acceptors (Lipinski definition) is 5. The number of hydrogen-bond donors (Lipinski definition) is 1. The zero-order valence-corrected chi connectivity index (χ0v) is 29.5. The van der Waals surface area contributed by atoms with Gasteiger partial charge in [-0.2, -0.15) is 0 Å². The van der Waals surface area contributed by atoms with Gasteiger partial charge in [0, 0.05) is 35.6 Å². The zero-order valence-electron chi connectivity index (χ0n) is 27.1. The van der Waals surface area contributed by atoms with Crippen LogP contribution >= 0.6 is 34.7 Å². The molecule has 0 saturated heterocycles. The van der Waals surface area contributed by atoms with E-state index in [4.69, 9.17) is 16.3 Å². The van der Waals surface area contributed by atoms with Crippen LogP contribution in [0.2, 0.25) is 5.02 Å². The molecule has 0 atom stereocenters. The van der Waals surface area contributed by atoms with Gasteiger partial charge in [-0.05, 0) is 84.9 Å². The average Bonchev–Trinajstić information content (AvgIpc) is 3.41. The number of halogens is 3. The molecular formula is C36H39ClF2N2O4S2. The molecule has 6 nitrogen and oxygen atoms in total. The van der Waals surface area contributed by atoms with Gasteiger partial charge in [0.2, 0.25) is 0 Å². The molecular weight excluding hydrogens is 662 g/mol. The van der Waals surface area contributed by atoms with Gasteiger partial charge in [-0.25, -0.2) is 13.6 Å². The average molecular weight is 701 g/mol. The highest BCUT2D eigenvalue weighted by Gasteiger charge is 2.36. The molecule has 0 unspecified atom stereocenters. The van der Waals surface area contributed by atoms with Crippen LogP contribution in [-0.4, -0.2) is 58.9 Å². The number of carboxylic acid groups (broad SMARTS) is 1. The normalized spacial score (nSPS) is 16.7. The smallest absolute Gasteiger partial charge is 0.407 e. The minimum absolute atomic E-state index is 0.00505. The molecule has 3 aromatic carbocycles. The maximum Gasteiger partial charge on any atom is 0.407 e. The van der Waals surface area contributed by atoms with Crippen molar-refractivity contribution in [2.24, 2.45) is 5.41 Å². The molecule has 1 heterocycles. The maximum atomic E-state index is 14.8. The number of carbonyl (C=O) groups excluding carboxylic acids is 1. The van der Waals surface area contributed by atoms with Crippen molar-refractivity contribution in [2.75, 3.05) is 19.9 Å². The molecule has 4 aromatic rings. The second-order valence-corrected chi connectivity index (χ2v) is 15.4. The van der Waals surface area contributed by atoms with E-state index in [1.807, 2.05) is 63.4 Å². The highest BCUT2D eigenvalue weighted by Crippen LogP contribution is 2.41. The van der Waals surface area contributed by atoms with E-state index in [1.165, 1.54) is 4.90 Å². The van der Waals surface area contributed by atoms with Crippen molar-refractivity contribution in [3.8, 4) is 16.9 Å². The summed E-state index contributed by atoms with van der Waals surface area (Å²) >= 11 is 9.12. The van der Waals surface area contributed by atoms with Crippen molar-refractivity contribution in [2.45, 2.75) is 70.0 Å². The number of amides is 2. The molecule has 1 fully saturated rings. The minimum atomic E-state index is -0.954. The van der Waals surface area contributed by atoms with Crippen LogP contribution in [0.3, 0.4) is 0 Å². The Morgan fingerprint density at radius 2 is 1.62 bits per heavy atom. The molecule has 0 radical (unpaired) electrons. The first-order chi connectivity index (χ1) is 22.3. The molecule has 1 aliphatic carbocycles. The van der Waals surface area contributed by atoms with Gasteiger partial charge in [0.1, 0.15) is 22.3 Å². The third-order valence-electron chi connectivity index (χ3n) is 8.60. The van der Waals surface area contributed by atoms with Gasteiger partial charge in [-0.3, -0.25) is 4.79 Å². The second kappa shape index (κ2) is 14.4. The Hall–Kier alpha value is -3.34. The Labute approximate surface area is 287 Å². The summed E-state index contributed by atoms with van der Waals surface area (Å²) in [5.74, 6) is -1.17. The first-order valence-electron chi connectivity index (χ1n) is 15.5. The lowest BCUT2D eigenvalue weighted by Crippen LogP contribution is -2.49. The van der Waals surface area contributed by atoms with Crippen LogP contribution in [0, 0.1) is 17.0 Å². The number of ether oxygens (including phenoxy) is 1. The van der Waals surface area contributed by atoms with E-state index in [-0.39, 0.29) is 44.0 Å². The predicted molar refractivity (Wildman–Crippen MR) is 187 cm³/mol. The molecule has 0 aliphatic heterocycles. The van der Waals surface area contributed by atoms with Gasteiger partial charge in [0.25, 0.3) is 5.91 Å². The van der Waals surface area contributed by atoms with Crippen molar-refractivity contribution in [1.29, 1.82) is 0 Å². The van der Waals surface area contributed by atoms with Gasteiger partial charge in [0.15, 0.2) is 0 Å². The van der Waals surface area contributed by atoms with E-state index in [2.05, 4.69) is 6.07 Å². The van der Waals surface area contributed by atoms with Crippen LogP contribution in [0.5, 0.6) is 5.75 Å². The van der Waals surface area contributed by atoms with Crippen LogP contribution in [0.15, 0.2) is 59.5 Å². The van der Waals surface area contributed by atoms with Crippen molar-refractivity contribution < 1.29 is 28.2 Å². The molecule has 250 valence electrons. The Morgan fingerprint density at radius 1 is 0.979 bits per heavy atom. The third kappa shape index (κ3) is 7.71. The van der Waals surface area contributed by atoms with Crippen LogP contribution in [0.25, 0.3) is 21.2 Å². The van der Waals surface area contributed by atoms with Gasteiger partial charge < -0.3 is 19.6 Å². The first-order valence-corrected chi connectivity index (χ1v) is 17.9. The Kier molecular flexibility index (Phi) is 10.7. The van der Waals surface area contributed by atoms with Crippen molar-refractivity contribution in [1.82, 2.24) is 9.80 Å². The summed E-state index contributed by atoms with van der Waals surface area (Å²) in [5, 5.41) is 9.81. The minimum Gasteiger partial charge on any atom is -0.496 e. The van der Waals surface area contributed by atoms with Crippen molar-refractivity contribution in [3.63, 3.8) is 0 Å². The molecule has 11 heteroatoms. The largest absolute Gasteiger partial charge is 0.496 e. The van der Waals surface area contributed by atoms with Crippen LogP contribution < -0.4 is 4.74 Å². The number of methoxy groups -OCH3 is 1. The molecule has 0 bridgehead atoms. The summed E-state index contributed by atoms with van der Waals surface area (Å²) in [7, 11) is 1.58. The predicted octanol–water partition coefficient (Wildman–Crippen LogP) is 10.2. The monoisotopic (exact) mass is 700 g/mol. The van der Waals surface area contributed by atoms with E-state index in [1.54, 1.807) is 23.8 Å². The molecule has 0 spiro atoms. The highest BCUT2D eigenvalue weighted by molar-refractivity contribution is 7.98. The molecule has 5 rings (SSSR count). The Morgan fingerprint density at radius 3 is 2.21 bits per heavy atom. The topological polar surface area (TPSA) is 70.1 Å². The summed E-state index contributed by atoms with van der Waals surface area (Å²) in [4.78, 5) is 31.1. The molecule has 1 saturated carbocycles. The molecule has 1 aliphatic rings. The van der Waals surface area contributed by atoms with Crippen LogP contribution in [0.4, 0.5) is 13.6 Å². The fraction of sp³-hybridized carbons (Fsp3) is 0.389. The van der Waals surface area contributed by atoms with E-state index in [0.29, 0.717) is 38.0 Å². The quantitative estimate of drug-likeness (QED) is 0.176. The lowest BCUT2D eigenvalue weighted by atomic mass is 9.87. The van der Waals surface area contributed by atoms with Gasteiger partial charge >= 0.3 is 6.09 Å². The van der Waals surface area contributed by atoms with Crippen molar-refractivity contribution in [3.05, 3.63) is 81.7 Å². The molecule has 47 heavy (non-hydrogen) atoms. The Balaban J connectivity index is 1.53. The highest BCUT2D eigenvalue weighted by atomic mass is 35.5. The number of thiophene rings is 1. The fourth-order valence-electron chi connectivity index (χ4n) is 6.35. The van der Waals surface area contributed by atoms with Gasteiger partial charge in [0.05, 0.1) is 22.2 Å². The van der Waals surface area contributed by atoms with Crippen LogP contribution in [-0.2, 0) is 6.54 Å². The standard InChI is InChI=1S/C36H39ClF2N2O4S2/c1-36(2,3)20-41(35(43)44)25-12-10-24(11-13-25)40(34(42)33-31(37)30-27(38)14-15-28(39)32(30)47-33)19-23-17-22(9-16-29(23)45-4)21-7-6-8-26(18-21)46-5/h6-9,14-18,24-25H,10-13,19-20H2,1-5H3,(H,43,44). The van der Waals surface area contributed by atoms with E-state index < -0.39 is 23.6 Å². The van der Waals surface area contributed by atoms with E-state index in [0.717, 1.165) is 45.1 Å². The van der Waals surface area contributed by atoms with Gasteiger partial charge in [-0.15, -0.1) is 23.1 Å². The lowest BCUT2D eigenvalue weighted by molar-refractivity contribution is 0.0492.